The zero-order valence-corrected chi connectivity index (χ0v) is 16.1. The van der Waals surface area contributed by atoms with Gasteiger partial charge in [-0.2, -0.15) is 20.1 Å². The summed E-state index contributed by atoms with van der Waals surface area (Å²) >= 11 is 0. The number of anilines is 4. The maximum atomic E-state index is 11.1. The molecule has 1 saturated heterocycles. The van der Waals surface area contributed by atoms with Crippen molar-refractivity contribution in [2.75, 3.05) is 28.7 Å². The molecule has 0 radical (unpaired) electrons. The predicted molar refractivity (Wildman–Crippen MR) is 115 cm³/mol. The molecule has 0 aliphatic carbocycles. The lowest BCUT2D eigenvalue weighted by Gasteiger charge is -2.16. The molecule has 0 unspecified atom stereocenters. The molecule has 1 aromatic heterocycles. The third-order valence-corrected chi connectivity index (χ3v) is 4.54. The van der Waals surface area contributed by atoms with Crippen molar-refractivity contribution in [2.45, 2.75) is 12.8 Å². The van der Waals surface area contributed by atoms with Crippen LogP contribution in [-0.4, -0.2) is 39.2 Å². The number of aromatic nitrogens is 3. The first-order valence-electron chi connectivity index (χ1n) is 9.54. The monoisotopic (exact) mass is 404 g/mol. The van der Waals surface area contributed by atoms with E-state index < -0.39 is 4.92 Å². The average Bonchev–Trinajstić information content (AvgIpc) is 3.30. The number of rotatable bonds is 7. The summed E-state index contributed by atoms with van der Waals surface area (Å²) in [6.07, 6.45) is 3.55. The fourth-order valence-corrected chi connectivity index (χ4v) is 3.10. The van der Waals surface area contributed by atoms with Crippen molar-refractivity contribution in [2.24, 2.45) is 5.10 Å². The van der Waals surface area contributed by atoms with Gasteiger partial charge >= 0.3 is 0 Å². The number of benzene rings is 2. The van der Waals surface area contributed by atoms with E-state index in [4.69, 9.17) is 0 Å². The van der Waals surface area contributed by atoms with Crippen LogP contribution >= 0.6 is 0 Å². The van der Waals surface area contributed by atoms with E-state index >= 15 is 0 Å². The summed E-state index contributed by atoms with van der Waals surface area (Å²) in [5, 5.41) is 18.4. The summed E-state index contributed by atoms with van der Waals surface area (Å²) in [4.78, 5) is 26.1. The Morgan fingerprint density at radius 1 is 0.967 bits per heavy atom. The van der Waals surface area contributed by atoms with Crippen molar-refractivity contribution < 1.29 is 4.92 Å². The topological polar surface area (TPSA) is 121 Å². The molecule has 1 fully saturated rings. The normalized spacial score (nSPS) is 13.5. The molecule has 2 aromatic carbocycles. The highest BCUT2D eigenvalue weighted by Gasteiger charge is 2.17. The van der Waals surface area contributed by atoms with E-state index in [1.165, 1.54) is 12.3 Å². The fourth-order valence-electron chi connectivity index (χ4n) is 3.10. The molecular formula is C20H20N8O2. The Morgan fingerprint density at radius 2 is 1.67 bits per heavy atom. The number of hydrogen-bond acceptors (Lipinski definition) is 9. The van der Waals surface area contributed by atoms with Crippen LogP contribution in [0.3, 0.4) is 0 Å². The smallest absolute Gasteiger partial charge is 0.278 e. The molecule has 1 aliphatic heterocycles. The van der Waals surface area contributed by atoms with E-state index in [0.717, 1.165) is 31.6 Å². The van der Waals surface area contributed by atoms with Gasteiger partial charge in [0.1, 0.15) is 0 Å². The van der Waals surface area contributed by atoms with E-state index in [2.05, 4.69) is 35.7 Å². The highest BCUT2D eigenvalue weighted by molar-refractivity contribution is 5.85. The van der Waals surface area contributed by atoms with Gasteiger partial charge in [0.05, 0.1) is 16.7 Å². The minimum absolute atomic E-state index is 0.0251. The average molecular weight is 404 g/mol. The molecule has 0 bridgehead atoms. The maximum absolute atomic E-state index is 11.1. The molecule has 10 nitrogen and oxygen atoms in total. The fraction of sp³-hybridized carbons (Fsp3) is 0.200. The van der Waals surface area contributed by atoms with Crippen molar-refractivity contribution in [3.63, 3.8) is 0 Å². The molecule has 1 aliphatic rings. The Kier molecular flexibility index (Phi) is 5.74. The number of nitrogens with zero attached hydrogens (tertiary/aromatic N) is 6. The minimum atomic E-state index is -0.447. The Morgan fingerprint density at radius 3 is 2.43 bits per heavy atom. The van der Waals surface area contributed by atoms with Gasteiger partial charge < -0.3 is 10.2 Å². The minimum Gasteiger partial charge on any atom is -0.341 e. The summed E-state index contributed by atoms with van der Waals surface area (Å²) in [5.41, 5.74) is 3.98. The van der Waals surface area contributed by atoms with Crippen molar-refractivity contribution in [3.8, 4) is 0 Å². The van der Waals surface area contributed by atoms with E-state index in [-0.39, 0.29) is 11.6 Å². The van der Waals surface area contributed by atoms with Crippen molar-refractivity contribution in [3.05, 3.63) is 70.3 Å². The van der Waals surface area contributed by atoms with Crippen LogP contribution in [-0.2, 0) is 0 Å². The molecule has 2 heterocycles. The third kappa shape index (κ3) is 4.66. The van der Waals surface area contributed by atoms with Crippen LogP contribution in [0.15, 0.2) is 59.7 Å². The van der Waals surface area contributed by atoms with Crippen LogP contribution in [0, 0.1) is 10.1 Å². The molecule has 152 valence electrons. The second kappa shape index (κ2) is 8.95. The Hall–Kier alpha value is -4.08. The van der Waals surface area contributed by atoms with E-state index in [1.54, 1.807) is 18.2 Å². The summed E-state index contributed by atoms with van der Waals surface area (Å²) in [5.74, 6) is 1.20. The van der Waals surface area contributed by atoms with Gasteiger partial charge in [-0.05, 0) is 31.0 Å². The number of para-hydroxylation sites is 2. The zero-order chi connectivity index (χ0) is 20.8. The molecular weight excluding hydrogens is 384 g/mol. The summed E-state index contributed by atoms with van der Waals surface area (Å²) < 4.78 is 0. The number of nitro groups is 1. The van der Waals surface area contributed by atoms with Crippen molar-refractivity contribution in [1.82, 2.24) is 15.0 Å². The van der Waals surface area contributed by atoms with Crippen LogP contribution in [0.4, 0.5) is 29.2 Å². The largest absolute Gasteiger partial charge is 0.341 e. The molecule has 0 atom stereocenters. The highest BCUT2D eigenvalue weighted by Crippen LogP contribution is 2.21. The highest BCUT2D eigenvalue weighted by atomic mass is 16.6. The van der Waals surface area contributed by atoms with Gasteiger partial charge in [0, 0.05) is 24.8 Å². The van der Waals surface area contributed by atoms with Gasteiger partial charge in [0.25, 0.3) is 5.69 Å². The van der Waals surface area contributed by atoms with E-state index in [0.29, 0.717) is 17.5 Å². The first-order chi connectivity index (χ1) is 14.7. The molecule has 0 amide bonds. The molecule has 0 saturated carbocycles. The standard InChI is InChI=1S/C20H20N8O2/c29-28(30)17-11-5-4-8-15(17)14-21-26-19-23-18(22-16-9-2-1-3-10-16)24-20(25-19)27-12-6-7-13-27/h1-5,8-11,14H,6-7,12-13H2,(H2,22,23,24,25,26)/b21-14+. The SMILES string of the molecule is O=[N+]([O-])c1ccccc1/C=N/Nc1nc(Nc2ccccc2)nc(N2CCCC2)n1. The van der Waals surface area contributed by atoms with Gasteiger partial charge in [0.2, 0.25) is 17.8 Å². The van der Waals surface area contributed by atoms with Gasteiger partial charge in [-0.3, -0.25) is 10.1 Å². The zero-order valence-electron chi connectivity index (χ0n) is 16.1. The first kappa shape index (κ1) is 19.2. The number of hydrogen-bond donors (Lipinski definition) is 2. The first-order valence-corrected chi connectivity index (χ1v) is 9.54. The molecule has 4 rings (SSSR count). The van der Waals surface area contributed by atoms with Crippen LogP contribution < -0.4 is 15.6 Å². The second-order valence-electron chi connectivity index (χ2n) is 6.65. The quantitative estimate of drug-likeness (QED) is 0.348. The maximum Gasteiger partial charge on any atom is 0.278 e. The molecule has 2 N–H and O–H groups in total. The molecule has 10 heteroatoms. The number of nitro benzene ring substituents is 1. The molecule has 0 spiro atoms. The van der Waals surface area contributed by atoms with Crippen molar-refractivity contribution >= 4 is 35.4 Å². The number of hydrazone groups is 1. The van der Waals surface area contributed by atoms with Crippen molar-refractivity contribution in [1.29, 1.82) is 0 Å². The Balaban J connectivity index is 1.58. The lowest BCUT2D eigenvalue weighted by atomic mass is 10.2. The van der Waals surface area contributed by atoms with Gasteiger partial charge in [-0.1, -0.05) is 30.3 Å². The van der Waals surface area contributed by atoms with Gasteiger partial charge in [0.15, 0.2) is 0 Å². The number of nitrogens with one attached hydrogen (secondary N) is 2. The van der Waals surface area contributed by atoms with Crippen LogP contribution in [0.1, 0.15) is 18.4 Å². The lowest BCUT2D eigenvalue weighted by Crippen LogP contribution is -2.21. The summed E-state index contributed by atoms with van der Waals surface area (Å²) in [6.45, 7) is 1.77. The Labute approximate surface area is 172 Å². The lowest BCUT2D eigenvalue weighted by molar-refractivity contribution is -0.385. The second-order valence-corrected chi connectivity index (χ2v) is 6.65. The summed E-state index contributed by atoms with van der Waals surface area (Å²) in [7, 11) is 0. The Bertz CT molecular complexity index is 1050. The van der Waals surface area contributed by atoms with E-state index in [9.17, 15) is 10.1 Å². The van der Waals surface area contributed by atoms with Gasteiger partial charge in [-0.15, -0.1) is 0 Å². The predicted octanol–water partition coefficient (Wildman–Crippen LogP) is 3.57. The van der Waals surface area contributed by atoms with E-state index in [1.807, 2.05) is 30.3 Å². The summed E-state index contributed by atoms with van der Waals surface area (Å²) in [6, 6.07) is 16.0. The van der Waals surface area contributed by atoms with Crippen LogP contribution in [0.2, 0.25) is 0 Å². The van der Waals surface area contributed by atoms with Crippen LogP contribution in [0.25, 0.3) is 0 Å². The third-order valence-electron chi connectivity index (χ3n) is 4.54. The molecule has 30 heavy (non-hydrogen) atoms. The van der Waals surface area contributed by atoms with Crippen LogP contribution in [0.5, 0.6) is 0 Å². The molecule has 3 aromatic rings. The van der Waals surface area contributed by atoms with Gasteiger partial charge in [-0.25, -0.2) is 5.43 Å².